The van der Waals surface area contributed by atoms with E-state index in [0.29, 0.717) is 36.3 Å². The summed E-state index contributed by atoms with van der Waals surface area (Å²) in [6, 6.07) is 7.16. The molecule has 2 unspecified atom stereocenters. The first-order valence-corrected chi connectivity index (χ1v) is 9.12. The Morgan fingerprint density at radius 1 is 1.45 bits per heavy atom. The highest BCUT2D eigenvalue weighted by molar-refractivity contribution is 7.84. The number of hydrogen-bond acceptors (Lipinski definition) is 3. The Morgan fingerprint density at radius 2 is 2.18 bits per heavy atom. The van der Waals surface area contributed by atoms with Crippen LogP contribution in [-0.2, 0) is 15.5 Å². The van der Waals surface area contributed by atoms with Gasteiger partial charge in [0.1, 0.15) is 0 Å². The summed E-state index contributed by atoms with van der Waals surface area (Å²) in [6.07, 6.45) is 2.52. The van der Waals surface area contributed by atoms with Crippen molar-refractivity contribution in [2.75, 3.05) is 31.3 Å². The quantitative estimate of drug-likeness (QED) is 0.926. The molecule has 1 fully saturated rings. The SMILES string of the molecule is CC(C)CC1COCCN1C(=O)Nc1ccccc1S(C)=O. The van der Waals surface area contributed by atoms with Crippen molar-refractivity contribution in [3.63, 3.8) is 0 Å². The maximum atomic E-state index is 12.6. The fraction of sp³-hybridized carbons (Fsp3) is 0.562. The fourth-order valence-corrected chi connectivity index (χ4v) is 3.37. The lowest BCUT2D eigenvalue weighted by atomic mass is 10.0. The summed E-state index contributed by atoms with van der Waals surface area (Å²) in [4.78, 5) is 15.1. The van der Waals surface area contributed by atoms with E-state index >= 15 is 0 Å². The van der Waals surface area contributed by atoms with Crippen LogP contribution in [0.15, 0.2) is 29.2 Å². The molecular weight excluding hydrogens is 300 g/mol. The molecule has 0 spiro atoms. The predicted molar refractivity (Wildman–Crippen MR) is 88.6 cm³/mol. The first-order chi connectivity index (χ1) is 10.5. The highest BCUT2D eigenvalue weighted by Gasteiger charge is 2.28. The van der Waals surface area contributed by atoms with Crippen LogP contribution in [0.25, 0.3) is 0 Å². The van der Waals surface area contributed by atoms with E-state index in [4.69, 9.17) is 4.74 Å². The van der Waals surface area contributed by atoms with E-state index in [9.17, 15) is 9.00 Å². The smallest absolute Gasteiger partial charge is 0.322 e. The molecule has 2 atom stereocenters. The number of hydrogen-bond donors (Lipinski definition) is 1. The van der Waals surface area contributed by atoms with Crippen LogP contribution in [0.1, 0.15) is 20.3 Å². The molecule has 0 radical (unpaired) electrons. The molecule has 2 amide bonds. The van der Waals surface area contributed by atoms with Crippen LogP contribution in [0.2, 0.25) is 0 Å². The van der Waals surface area contributed by atoms with Gasteiger partial charge in [-0.25, -0.2) is 4.79 Å². The molecule has 0 aliphatic carbocycles. The summed E-state index contributed by atoms with van der Waals surface area (Å²) in [6.45, 7) is 6.00. The summed E-state index contributed by atoms with van der Waals surface area (Å²) in [5.74, 6) is 0.498. The summed E-state index contributed by atoms with van der Waals surface area (Å²) in [5, 5.41) is 2.90. The number of urea groups is 1. The highest BCUT2D eigenvalue weighted by atomic mass is 32.2. The van der Waals surface area contributed by atoms with E-state index in [0.717, 1.165) is 6.42 Å². The molecule has 1 aromatic carbocycles. The lowest BCUT2D eigenvalue weighted by Crippen LogP contribution is -2.50. The number of carbonyl (C=O) groups is 1. The van der Waals surface area contributed by atoms with E-state index in [-0.39, 0.29) is 12.1 Å². The van der Waals surface area contributed by atoms with Crippen molar-refractivity contribution in [2.45, 2.75) is 31.2 Å². The van der Waals surface area contributed by atoms with Gasteiger partial charge in [0.15, 0.2) is 0 Å². The number of morpholine rings is 1. The van der Waals surface area contributed by atoms with Crippen molar-refractivity contribution in [1.29, 1.82) is 0 Å². The molecular formula is C16H24N2O3S. The molecule has 1 aliphatic heterocycles. The Morgan fingerprint density at radius 3 is 2.86 bits per heavy atom. The number of nitrogens with one attached hydrogen (secondary N) is 1. The minimum atomic E-state index is -1.14. The fourth-order valence-electron chi connectivity index (χ4n) is 2.67. The molecule has 1 aliphatic rings. The number of para-hydroxylation sites is 1. The Hall–Kier alpha value is -1.40. The first kappa shape index (κ1) is 17.0. The zero-order valence-electron chi connectivity index (χ0n) is 13.4. The summed E-state index contributed by atoms with van der Waals surface area (Å²) >= 11 is 0. The number of amides is 2. The van der Waals surface area contributed by atoms with Gasteiger partial charge < -0.3 is 15.0 Å². The van der Waals surface area contributed by atoms with Crippen LogP contribution in [0.3, 0.4) is 0 Å². The number of rotatable bonds is 4. The van der Waals surface area contributed by atoms with Crippen LogP contribution >= 0.6 is 0 Å². The number of anilines is 1. The van der Waals surface area contributed by atoms with Gasteiger partial charge in [0.25, 0.3) is 0 Å². The Balaban J connectivity index is 2.12. The highest BCUT2D eigenvalue weighted by Crippen LogP contribution is 2.21. The van der Waals surface area contributed by atoms with Crippen molar-refractivity contribution in [3.8, 4) is 0 Å². The monoisotopic (exact) mass is 324 g/mol. The number of nitrogens with zero attached hydrogens (tertiary/aromatic N) is 1. The van der Waals surface area contributed by atoms with Crippen LogP contribution in [0.5, 0.6) is 0 Å². The summed E-state index contributed by atoms with van der Waals surface area (Å²) in [7, 11) is -1.14. The normalized spacial score (nSPS) is 20.0. The van der Waals surface area contributed by atoms with Crippen molar-refractivity contribution in [2.24, 2.45) is 5.92 Å². The number of ether oxygens (including phenoxy) is 1. The van der Waals surface area contributed by atoms with Gasteiger partial charge in [-0.15, -0.1) is 0 Å². The second-order valence-corrected chi connectivity index (χ2v) is 7.28. The second kappa shape index (κ2) is 7.74. The van der Waals surface area contributed by atoms with Gasteiger partial charge in [-0.05, 0) is 24.5 Å². The van der Waals surface area contributed by atoms with E-state index < -0.39 is 10.8 Å². The summed E-state index contributed by atoms with van der Waals surface area (Å²) < 4.78 is 17.3. The maximum absolute atomic E-state index is 12.6. The molecule has 2 rings (SSSR count). The lowest BCUT2D eigenvalue weighted by molar-refractivity contribution is 0.00856. The van der Waals surface area contributed by atoms with Gasteiger partial charge in [0, 0.05) is 12.8 Å². The third kappa shape index (κ3) is 4.30. The van der Waals surface area contributed by atoms with Gasteiger partial charge in [-0.2, -0.15) is 0 Å². The summed E-state index contributed by atoms with van der Waals surface area (Å²) in [5.41, 5.74) is 0.614. The molecule has 6 heteroatoms. The Labute approximate surface area is 134 Å². The van der Waals surface area contributed by atoms with Crippen LogP contribution in [-0.4, -0.2) is 47.2 Å². The largest absolute Gasteiger partial charge is 0.377 e. The average Bonchev–Trinajstić information content (AvgIpc) is 2.47. The zero-order chi connectivity index (χ0) is 16.1. The molecule has 22 heavy (non-hydrogen) atoms. The predicted octanol–water partition coefficient (Wildman–Crippen LogP) is 2.70. The van der Waals surface area contributed by atoms with Gasteiger partial charge in [0.05, 0.1) is 40.6 Å². The van der Waals surface area contributed by atoms with Gasteiger partial charge in [-0.1, -0.05) is 26.0 Å². The van der Waals surface area contributed by atoms with Crippen LogP contribution in [0.4, 0.5) is 10.5 Å². The Bertz CT molecular complexity index is 548. The molecule has 1 saturated heterocycles. The average molecular weight is 324 g/mol. The third-order valence-corrected chi connectivity index (χ3v) is 4.65. The van der Waals surface area contributed by atoms with E-state index in [2.05, 4.69) is 19.2 Å². The maximum Gasteiger partial charge on any atom is 0.322 e. The first-order valence-electron chi connectivity index (χ1n) is 7.57. The standard InChI is InChI=1S/C16H24N2O3S/c1-12(2)10-13-11-21-9-8-18(13)16(19)17-14-6-4-5-7-15(14)22(3)20/h4-7,12-13H,8-11H2,1-3H3,(H,17,19). The molecule has 1 aromatic rings. The zero-order valence-corrected chi connectivity index (χ0v) is 14.2. The molecule has 122 valence electrons. The molecule has 5 nitrogen and oxygen atoms in total. The van der Waals surface area contributed by atoms with E-state index in [1.807, 2.05) is 17.0 Å². The molecule has 0 aromatic heterocycles. The van der Waals surface area contributed by atoms with Crippen LogP contribution in [0, 0.1) is 5.92 Å². The third-order valence-electron chi connectivity index (χ3n) is 3.67. The molecule has 1 heterocycles. The second-order valence-electron chi connectivity index (χ2n) is 5.93. The number of carbonyl (C=O) groups excluding carboxylic acids is 1. The molecule has 0 saturated carbocycles. The minimum Gasteiger partial charge on any atom is -0.377 e. The van der Waals surface area contributed by atoms with Gasteiger partial charge in [-0.3, -0.25) is 4.21 Å². The Kier molecular flexibility index (Phi) is 5.97. The van der Waals surface area contributed by atoms with E-state index in [1.54, 1.807) is 18.4 Å². The van der Waals surface area contributed by atoms with Crippen LogP contribution < -0.4 is 5.32 Å². The van der Waals surface area contributed by atoms with Crippen molar-refractivity contribution < 1.29 is 13.7 Å². The number of benzene rings is 1. The molecule has 0 bridgehead atoms. The minimum absolute atomic E-state index is 0.0908. The van der Waals surface area contributed by atoms with Gasteiger partial charge >= 0.3 is 6.03 Å². The van der Waals surface area contributed by atoms with Crippen molar-refractivity contribution in [3.05, 3.63) is 24.3 Å². The lowest BCUT2D eigenvalue weighted by Gasteiger charge is -2.36. The van der Waals surface area contributed by atoms with Crippen molar-refractivity contribution in [1.82, 2.24) is 4.90 Å². The van der Waals surface area contributed by atoms with Crippen molar-refractivity contribution >= 4 is 22.5 Å². The van der Waals surface area contributed by atoms with Gasteiger partial charge in [0.2, 0.25) is 0 Å². The van der Waals surface area contributed by atoms with E-state index in [1.165, 1.54) is 0 Å². The molecule has 1 N–H and O–H groups in total. The topological polar surface area (TPSA) is 58.6 Å².